The first kappa shape index (κ1) is 13.8. The second-order valence-corrected chi connectivity index (χ2v) is 6.04. The molecule has 1 heteroatoms. The normalized spacial score (nSPS) is 11.0. The Kier molecular flexibility index (Phi) is 3.47. The summed E-state index contributed by atoms with van der Waals surface area (Å²) in [6, 6.07) is 28.1. The van der Waals surface area contributed by atoms with Crippen LogP contribution in [0.5, 0.6) is 0 Å². The number of hydrogen-bond acceptors (Lipinski definition) is 0. The van der Waals surface area contributed by atoms with Crippen molar-refractivity contribution in [3.05, 3.63) is 96.2 Å². The minimum Gasteiger partial charge on any atom is -0.342 e. The highest BCUT2D eigenvalue weighted by Crippen LogP contribution is 2.31. The van der Waals surface area contributed by atoms with Crippen molar-refractivity contribution in [2.75, 3.05) is 0 Å². The van der Waals surface area contributed by atoms with Gasteiger partial charge in [-0.15, -0.1) is 0 Å². The standard InChI is InChI=1S/C22H19N/c1-17-11-13-19(14-12-17)21-16-23(15-18-7-3-2-4-8-18)22-10-6-5-9-20(21)22/h2-14,16H,15H2,1H3. The van der Waals surface area contributed by atoms with Gasteiger partial charge in [0, 0.05) is 29.2 Å². The molecule has 0 bridgehead atoms. The number of nitrogens with zero attached hydrogens (tertiary/aromatic N) is 1. The summed E-state index contributed by atoms with van der Waals surface area (Å²) in [7, 11) is 0. The highest BCUT2D eigenvalue weighted by Gasteiger charge is 2.10. The largest absolute Gasteiger partial charge is 0.342 e. The summed E-state index contributed by atoms with van der Waals surface area (Å²) in [4.78, 5) is 0. The summed E-state index contributed by atoms with van der Waals surface area (Å²) in [6.07, 6.45) is 2.28. The Labute approximate surface area is 136 Å². The Morgan fingerprint density at radius 1 is 0.739 bits per heavy atom. The number of aromatic nitrogens is 1. The number of hydrogen-bond donors (Lipinski definition) is 0. The Morgan fingerprint density at radius 3 is 2.22 bits per heavy atom. The van der Waals surface area contributed by atoms with Gasteiger partial charge in [-0.25, -0.2) is 0 Å². The minimum atomic E-state index is 0.896. The summed E-state index contributed by atoms with van der Waals surface area (Å²) in [5.74, 6) is 0. The molecule has 112 valence electrons. The molecule has 0 N–H and O–H groups in total. The van der Waals surface area contributed by atoms with Gasteiger partial charge in [-0.1, -0.05) is 78.4 Å². The first-order valence-corrected chi connectivity index (χ1v) is 8.00. The molecule has 4 aromatic rings. The maximum atomic E-state index is 2.35. The molecule has 0 radical (unpaired) electrons. The molecule has 0 spiro atoms. The third-order valence-corrected chi connectivity index (χ3v) is 4.35. The molecule has 0 fully saturated rings. The zero-order chi connectivity index (χ0) is 15.6. The maximum Gasteiger partial charge on any atom is 0.0489 e. The molecule has 1 aromatic heterocycles. The van der Waals surface area contributed by atoms with E-state index in [-0.39, 0.29) is 0 Å². The van der Waals surface area contributed by atoms with E-state index in [9.17, 15) is 0 Å². The predicted molar refractivity (Wildman–Crippen MR) is 97.7 cm³/mol. The topological polar surface area (TPSA) is 4.93 Å². The van der Waals surface area contributed by atoms with Gasteiger partial charge in [0.1, 0.15) is 0 Å². The van der Waals surface area contributed by atoms with Gasteiger partial charge in [-0.05, 0) is 24.1 Å². The second-order valence-electron chi connectivity index (χ2n) is 6.04. The van der Waals surface area contributed by atoms with E-state index in [0.717, 1.165) is 6.54 Å². The fraction of sp³-hybridized carbons (Fsp3) is 0.0909. The molecule has 0 aliphatic carbocycles. The van der Waals surface area contributed by atoms with E-state index in [4.69, 9.17) is 0 Å². The highest BCUT2D eigenvalue weighted by molar-refractivity contribution is 5.96. The van der Waals surface area contributed by atoms with Crippen LogP contribution in [0.4, 0.5) is 0 Å². The lowest BCUT2D eigenvalue weighted by Gasteiger charge is -2.05. The van der Waals surface area contributed by atoms with E-state index < -0.39 is 0 Å². The van der Waals surface area contributed by atoms with Crippen molar-refractivity contribution in [2.45, 2.75) is 13.5 Å². The SMILES string of the molecule is Cc1ccc(-c2cn(Cc3ccccc3)c3ccccc23)cc1. The predicted octanol–water partition coefficient (Wildman–Crippen LogP) is 5.67. The zero-order valence-corrected chi connectivity index (χ0v) is 13.2. The van der Waals surface area contributed by atoms with Crippen LogP contribution in [0.1, 0.15) is 11.1 Å². The van der Waals surface area contributed by atoms with Gasteiger partial charge in [0.25, 0.3) is 0 Å². The van der Waals surface area contributed by atoms with Gasteiger partial charge < -0.3 is 4.57 Å². The molecule has 0 unspecified atom stereocenters. The van der Waals surface area contributed by atoms with Crippen LogP contribution < -0.4 is 0 Å². The highest BCUT2D eigenvalue weighted by atomic mass is 15.0. The monoisotopic (exact) mass is 297 g/mol. The van der Waals surface area contributed by atoms with Crippen molar-refractivity contribution in [3.8, 4) is 11.1 Å². The molecule has 23 heavy (non-hydrogen) atoms. The third-order valence-electron chi connectivity index (χ3n) is 4.35. The molecule has 4 rings (SSSR count). The fourth-order valence-corrected chi connectivity index (χ4v) is 3.12. The summed E-state index contributed by atoms with van der Waals surface area (Å²) in [5.41, 5.74) is 6.48. The molecule has 0 saturated heterocycles. The van der Waals surface area contributed by atoms with Crippen molar-refractivity contribution >= 4 is 10.9 Å². The first-order valence-electron chi connectivity index (χ1n) is 8.00. The molecule has 0 amide bonds. The van der Waals surface area contributed by atoms with E-state index in [1.165, 1.54) is 33.2 Å². The van der Waals surface area contributed by atoms with Crippen molar-refractivity contribution < 1.29 is 0 Å². The van der Waals surface area contributed by atoms with Crippen molar-refractivity contribution in [1.82, 2.24) is 4.57 Å². The maximum absolute atomic E-state index is 2.35. The molecule has 0 atom stereocenters. The van der Waals surface area contributed by atoms with Crippen molar-refractivity contribution in [2.24, 2.45) is 0 Å². The van der Waals surface area contributed by atoms with Crippen LogP contribution in [-0.4, -0.2) is 4.57 Å². The molecule has 0 saturated carbocycles. The van der Waals surface area contributed by atoms with Crippen LogP contribution in [0.25, 0.3) is 22.0 Å². The smallest absolute Gasteiger partial charge is 0.0489 e. The minimum absolute atomic E-state index is 0.896. The molecule has 0 aliphatic rings. The average Bonchev–Trinajstić information content (AvgIpc) is 2.95. The van der Waals surface area contributed by atoms with Gasteiger partial charge in [0.15, 0.2) is 0 Å². The van der Waals surface area contributed by atoms with Crippen LogP contribution in [0.15, 0.2) is 85.1 Å². The van der Waals surface area contributed by atoms with Crippen molar-refractivity contribution in [3.63, 3.8) is 0 Å². The average molecular weight is 297 g/mol. The van der Waals surface area contributed by atoms with Gasteiger partial charge in [0.2, 0.25) is 0 Å². The molecular weight excluding hydrogens is 278 g/mol. The fourth-order valence-electron chi connectivity index (χ4n) is 3.12. The van der Waals surface area contributed by atoms with Gasteiger partial charge in [-0.3, -0.25) is 0 Å². The number of rotatable bonds is 3. The second kappa shape index (κ2) is 5.77. The van der Waals surface area contributed by atoms with Crippen LogP contribution in [-0.2, 0) is 6.54 Å². The third kappa shape index (κ3) is 2.66. The lowest BCUT2D eigenvalue weighted by Crippen LogP contribution is -1.97. The first-order chi connectivity index (χ1) is 11.3. The summed E-state index contributed by atoms with van der Waals surface area (Å²) < 4.78 is 2.35. The Morgan fingerprint density at radius 2 is 1.43 bits per heavy atom. The van der Waals surface area contributed by atoms with Crippen LogP contribution in [0.2, 0.25) is 0 Å². The zero-order valence-electron chi connectivity index (χ0n) is 13.2. The molecule has 3 aromatic carbocycles. The number of benzene rings is 3. The Balaban J connectivity index is 1.84. The number of aryl methyl sites for hydroxylation is 1. The van der Waals surface area contributed by atoms with Crippen LogP contribution >= 0.6 is 0 Å². The molecule has 1 nitrogen and oxygen atoms in total. The Hall–Kier alpha value is -2.80. The molecule has 1 heterocycles. The van der Waals surface area contributed by atoms with E-state index in [0.29, 0.717) is 0 Å². The molecule has 0 aliphatic heterocycles. The van der Waals surface area contributed by atoms with Crippen LogP contribution in [0, 0.1) is 6.92 Å². The van der Waals surface area contributed by atoms with E-state index >= 15 is 0 Å². The number of para-hydroxylation sites is 1. The quantitative estimate of drug-likeness (QED) is 0.459. The van der Waals surface area contributed by atoms with Gasteiger partial charge in [-0.2, -0.15) is 0 Å². The lowest BCUT2D eigenvalue weighted by molar-refractivity contribution is 0.837. The Bertz CT molecular complexity index is 931. The van der Waals surface area contributed by atoms with Gasteiger partial charge >= 0.3 is 0 Å². The van der Waals surface area contributed by atoms with E-state index in [1.54, 1.807) is 0 Å². The van der Waals surface area contributed by atoms with Crippen LogP contribution in [0.3, 0.4) is 0 Å². The molecular formula is C22H19N. The summed E-state index contributed by atoms with van der Waals surface area (Å²) in [6.45, 7) is 3.02. The number of fused-ring (bicyclic) bond motifs is 1. The lowest BCUT2D eigenvalue weighted by atomic mass is 10.0. The van der Waals surface area contributed by atoms with Gasteiger partial charge in [0.05, 0.1) is 0 Å². The van der Waals surface area contributed by atoms with Crippen molar-refractivity contribution in [1.29, 1.82) is 0 Å². The summed E-state index contributed by atoms with van der Waals surface area (Å²) in [5, 5.41) is 1.31. The van der Waals surface area contributed by atoms with E-state index in [1.807, 2.05) is 0 Å². The summed E-state index contributed by atoms with van der Waals surface area (Å²) >= 11 is 0. The van der Waals surface area contributed by atoms with E-state index in [2.05, 4.69) is 96.6 Å².